The second-order valence-electron chi connectivity index (χ2n) is 4.31. The van der Waals surface area contributed by atoms with Crippen molar-refractivity contribution in [1.82, 2.24) is 0 Å². The highest BCUT2D eigenvalue weighted by atomic mass is 16.1. The zero-order chi connectivity index (χ0) is 13.1. The largest absolute Gasteiger partial charge is 0.398 e. The highest BCUT2D eigenvalue weighted by molar-refractivity contribution is 5.96. The highest BCUT2D eigenvalue weighted by Crippen LogP contribution is 2.31. The minimum absolute atomic E-state index is 0.0369. The molecule has 3 heteroatoms. The maximum Gasteiger partial charge on any atom is 0.249 e. The van der Waals surface area contributed by atoms with Crippen molar-refractivity contribution in [1.29, 1.82) is 0 Å². The third-order valence-corrected chi connectivity index (χ3v) is 3.14. The fourth-order valence-electron chi connectivity index (χ4n) is 2.19. The molecule has 2 aromatic rings. The van der Waals surface area contributed by atoms with Crippen molar-refractivity contribution in [2.24, 2.45) is 5.73 Å². The average molecular weight is 240 g/mol. The molecule has 92 valence electrons. The molecule has 0 bridgehead atoms. The Morgan fingerprint density at radius 2 is 1.72 bits per heavy atom. The Labute approximate surface area is 106 Å². The average Bonchev–Trinajstić information content (AvgIpc) is 2.38. The van der Waals surface area contributed by atoms with Gasteiger partial charge in [-0.05, 0) is 23.3 Å². The van der Waals surface area contributed by atoms with E-state index in [9.17, 15) is 4.79 Å². The molecule has 2 aromatic carbocycles. The number of nitrogen functional groups attached to an aromatic ring is 1. The number of anilines is 1. The molecule has 0 spiro atoms. The van der Waals surface area contributed by atoms with Gasteiger partial charge in [-0.3, -0.25) is 4.79 Å². The van der Waals surface area contributed by atoms with Crippen molar-refractivity contribution in [3.05, 3.63) is 65.2 Å². The number of amides is 1. The van der Waals surface area contributed by atoms with Crippen LogP contribution in [0.25, 0.3) is 0 Å². The van der Waals surface area contributed by atoms with Gasteiger partial charge in [-0.15, -0.1) is 0 Å². The fraction of sp³-hybridized carbons (Fsp3) is 0.133. The van der Waals surface area contributed by atoms with E-state index < -0.39 is 5.91 Å². The van der Waals surface area contributed by atoms with E-state index in [1.54, 1.807) is 18.2 Å². The lowest BCUT2D eigenvalue weighted by molar-refractivity contribution is 0.0999. The van der Waals surface area contributed by atoms with Crippen LogP contribution in [0.15, 0.2) is 48.5 Å². The molecule has 0 aliphatic heterocycles. The van der Waals surface area contributed by atoms with E-state index in [2.05, 4.69) is 0 Å². The van der Waals surface area contributed by atoms with Crippen LogP contribution in [0, 0.1) is 0 Å². The smallest absolute Gasteiger partial charge is 0.249 e. The molecule has 2 rings (SSSR count). The van der Waals surface area contributed by atoms with Crippen molar-refractivity contribution < 1.29 is 4.79 Å². The minimum Gasteiger partial charge on any atom is -0.398 e. The number of hydrogen-bond acceptors (Lipinski definition) is 2. The molecular formula is C15H16N2O. The summed E-state index contributed by atoms with van der Waals surface area (Å²) in [5, 5.41) is 0. The zero-order valence-corrected chi connectivity index (χ0v) is 10.3. The lowest BCUT2D eigenvalue weighted by Gasteiger charge is -2.17. The van der Waals surface area contributed by atoms with E-state index in [1.807, 2.05) is 37.3 Å². The maximum absolute atomic E-state index is 11.5. The summed E-state index contributed by atoms with van der Waals surface area (Å²) < 4.78 is 0. The second kappa shape index (κ2) is 4.92. The standard InChI is InChI=1S/C15H16N2O/c1-10(11-6-3-2-4-7-11)14-12(15(17)18)8-5-9-13(14)16/h2-10H,16H2,1H3,(H2,17,18). The lowest BCUT2D eigenvalue weighted by Crippen LogP contribution is -2.16. The van der Waals surface area contributed by atoms with Crippen LogP contribution in [-0.2, 0) is 0 Å². The summed E-state index contributed by atoms with van der Waals surface area (Å²) in [5.41, 5.74) is 14.4. The molecule has 0 saturated carbocycles. The number of hydrogen-bond donors (Lipinski definition) is 2. The van der Waals surface area contributed by atoms with Crippen LogP contribution in [-0.4, -0.2) is 5.91 Å². The van der Waals surface area contributed by atoms with Gasteiger partial charge in [0.2, 0.25) is 5.91 Å². The lowest BCUT2D eigenvalue weighted by atomic mass is 9.88. The van der Waals surface area contributed by atoms with E-state index in [0.29, 0.717) is 11.3 Å². The molecule has 0 saturated heterocycles. The Hall–Kier alpha value is -2.29. The number of nitrogens with two attached hydrogens (primary N) is 2. The van der Waals surface area contributed by atoms with Crippen molar-refractivity contribution in [2.75, 3.05) is 5.73 Å². The molecule has 0 aliphatic rings. The SMILES string of the molecule is CC(c1ccccc1)c1c(N)cccc1C(N)=O. The Morgan fingerprint density at radius 3 is 2.33 bits per heavy atom. The number of rotatable bonds is 3. The monoisotopic (exact) mass is 240 g/mol. The van der Waals surface area contributed by atoms with Crippen LogP contribution >= 0.6 is 0 Å². The molecule has 0 fully saturated rings. The number of carbonyl (C=O) groups is 1. The van der Waals surface area contributed by atoms with E-state index in [-0.39, 0.29) is 5.92 Å². The summed E-state index contributed by atoms with van der Waals surface area (Å²) in [6.07, 6.45) is 0. The zero-order valence-electron chi connectivity index (χ0n) is 10.3. The van der Waals surface area contributed by atoms with E-state index in [4.69, 9.17) is 11.5 Å². The molecule has 4 N–H and O–H groups in total. The number of carbonyl (C=O) groups excluding carboxylic acids is 1. The quantitative estimate of drug-likeness (QED) is 0.809. The third-order valence-electron chi connectivity index (χ3n) is 3.14. The van der Waals surface area contributed by atoms with E-state index in [0.717, 1.165) is 11.1 Å². The summed E-state index contributed by atoms with van der Waals surface area (Å²) in [4.78, 5) is 11.5. The fourth-order valence-corrected chi connectivity index (χ4v) is 2.19. The van der Waals surface area contributed by atoms with Crippen molar-refractivity contribution >= 4 is 11.6 Å². The van der Waals surface area contributed by atoms with Gasteiger partial charge in [0, 0.05) is 17.2 Å². The molecule has 0 aromatic heterocycles. The van der Waals surface area contributed by atoms with Crippen molar-refractivity contribution in [3.8, 4) is 0 Å². The molecule has 18 heavy (non-hydrogen) atoms. The first kappa shape index (κ1) is 12.2. The van der Waals surface area contributed by atoms with Crippen LogP contribution < -0.4 is 11.5 Å². The van der Waals surface area contributed by atoms with E-state index >= 15 is 0 Å². The first-order valence-corrected chi connectivity index (χ1v) is 5.84. The van der Waals surface area contributed by atoms with Crippen LogP contribution in [0.2, 0.25) is 0 Å². The second-order valence-corrected chi connectivity index (χ2v) is 4.31. The third kappa shape index (κ3) is 2.20. The Morgan fingerprint density at radius 1 is 1.06 bits per heavy atom. The first-order chi connectivity index (χ1) is 8.61. The van der Waals surface area contributed by atoms with E-state index in [1.165, 1.54) is 0 Å². The molecule has 1 amide bonds. The van der Waals surface area contributed by atoms with Crippen LogP contribution in [0.4, 0.5) is 5.69 Å². The van der Waals surface area contributed by atoms with Crippen molar-refractivity contribution in [3.63, 3.8) is 0 Å². The number of benzene rings is 2. The van der Waals surface area contributed by atoms with Gasteiger partial charge in [0.25, 0.3) is 0 Å². The van der Waals surface area contributed by atoms with Gasteiger partial charge in [-0.2, -0.15) is 0 Å². The molecule has 1 atom stereocenters. The topological polar surface area (TPSA) is 69.1 Å². The van der Waals surface area contributed by atoms with Gasteiger partial charge in [-0.25, -0.2) is 0 Å². The molecule has 0 heterocycles. The summed E-state index contributed by atoms with van der Waals surface area (Å²) in [7, 11) is 0. The Kier molecular flexibility index (Phi) is 3.33. The molecule has 3 nitrogen and oxygen atoms in total. The molecule has 0 radical (unpaired) electrons. The Bertz CT molecular complexity index is 564. The number of primary amides is 1. The maximum atomic E-state index is 11.5. The highest BCUT2D eigenvalue weighted by Gasteiger charge is 2.18. The molecular weight excluding hydrogens is 224 g/mol. The Balaban J connectivity index is 2.54. The van der Waals surface area contributed by atoms with Gasteiger partial charge in [0.1, 0.15) is 0 Å². The molecule has 0 aliphatic carbocycles. The van der Waals surface area contributed by atoms with Gasteiger partial charge in [0.05, 0.1) is 0 Å². The van der Waals surface area contributed by atoms with Crippen molar-refractivity contribution in [2.45, 2.75) is 12.8 Å². The predicted molar refractivity (Wildman–Crippen MR) is 73.3 cm³/mol. The normalized spacial score (nSPS) is 12.1. The first-order valence-electron chi connectivity index (χ1n) is 5.84. The summed E-state index contributed by atoms with van der Waals surface area (Å²) in [6.45, 7) is 2.02. The summed E-state index contributed by atoms with van der Waals surface area (Å²) in [5.74, 6) is -0.407. The minimum atomic E-state index is -0.444. The summed E-state index contributed by atoms with van der Waals surface area (Å²) in [6, 6.07) is 15.2. The van der Waals surface area contributed by atoms with Gasteiger partial charge in [0.15, 0.2) is 0 Å². The predicted octanol–water partition coefficient (Wildman–Crippen LogP) is 2.52. The molecule has 1 unspecified atom stereocenters. The summed E-state index contributed by atoms with van der Waals surface area (Å²) >= 11 is 0. The van der Waals surface area contributed by atoms with Gasteiger partial charge in [-0.1, -0.05) is 43.3 Å². The van der Waals surface area contributed by atoms with Crippen LogP contribution in [0.5, 0.6) is 0 Å². The van der Waals surface area contributed by atoms with Crippen LogP contribution in [0.1, 0.15) is 34.3 Å². The van der Waals surface area contributed by atoms with Crippen LogP contribution in [0.3, 0.4) is 0 Å². The van der Waals surface area contributed by atoms with Gasteiger partial charge >= 0.3 is 0 Å². The van der Waals surface area contributed by atoms with Gasteiger partial charge < -0.3 is 11.5 Å².